The van der Waals surface area contributed by atoms with Crippen LogP contribution in [0, 0.1) is 5.82 Å². The Morgan fingerprint density at radius 3 is 2.76 bits per heavy atom. The predicted molar refractivity (Wildman–Crippen MR) is 106 cm³/mol. The first-order valence-corrected chi connectivity index (χ1v) is 9.77. The molecule has 1 atom stereocenters. The average molecular weight is 394 g/mol. The number of hydrogen-bond acceptors (Lipinski definition) is 4. The van der Waals surface area contributed by atoms with E-state index in [4.69, 9.17) is 4.74 Å². The molecule has 1 aliphatic heterocycles. The number of carbonyl (C=O) groups is 1. The van der Waals surface area contributed by atoms with E-state index in [0.29, 0.717) is 25.3 Å². The Bertz CT molecular complexity index is 960. The normalized spacial score (nSPS) is 16.7. The van der Waals surface area contributed by atoms with Gasteiger partial charge < -0.3 is 9.64 Å². The Morgan fingerprint density at radius 2 is 1.93 bits per heavy atom. The molecule has 150 valence electrons. The number of nitrogens with zero attached hydrogens (tertiary/aromatic N) is 4. The maximum atomic E-state index is 13.8. The van der Waals surface area contributed by atoms with Gasteiger partial charge >= 0.3 is 0 Å². The zero-order valence-corrected chi connectivity index (χ0v) is 16.1. The number of halogens is 1. The van der Waals surface area contributed by atoms with E-state index >= 15 is 0 Å². The third-order valence-corrected chi connectivity index (χ3v) is 5.04. The summed E-state index contributed by atoms with van der Waals surface area (Å²) in [6, 6.07) is 16.5. The molecule has 0 N–H and O–H groups in total. The number of rotatable bonds is 6. The van der Waals surface area contributed by atoms with Crippen molar-refractivity contribution in [2.75, 3.05) is 13.1 Å². The zero-order chi connectivity index (χ0) is 20.1. The monoisotopic (exact) mass is 394 g/mol. The Morgan fingerprint density at radius 1 is 1.14 bits per heavy atom. The Balaban J connectivity index is 1.35. The molecule has 0 saturated carbocycles. The molecule has 0 unspecified atom stereocenters. The summed E-state index contributed by atoms with van der Waals surface area (Å²) in [5, 5.41) is 7.98. The van der Waals surface area contributed by atoms with Gasteiger partial charge in [-0.3, -0.25) is 4.79 Å². The van der Waals surface area contributed by atoms with Gasteiger partial charge in [-0.05, 0) is 24.5 Å². The molecule has 0 bridgehead atoms. The number of carbonyl (C=O) groups excluding carboxylic acids is 1. The van der Waals surface area contributed by atoms with Crippen molar-refractivity contribution in [3.8, 4) is 0 Å². The van der Waals surface area contributed by atoms with Crippen LogP contribution in [-0.4, -0.2) is 45.0 Å². The van der Waals surface area contributed by atoms with E-state index in [1.807, 2.05) is 30.3 Å². The number of amides is 1. The first-order valence-electron chi connectivity index (χ1n) is 9.77. The van der Waals surface area contributed by atoms with Crippen LogP contribution in [0.15, 0.2) is 60.8 Å². The first kappa shape index (κ1) is 19.3. The summed E-state index contributed by atoms with van der Waals surface area (Å²) in [6.07, 6.45) is 3.38. The fraction of sp³-hybridized carbons (Fsp3) is 0.318. The van der Waals surface area contributed by atoms with E-state index in [-0.39, 0.29) is 30.1 Å². The number of hydrogen-bond donors (Lipinski definition) is 0. The molecule has 0 radical (unpaired) electrons. The van der Waals surface area contributed by atoms with Gasteiger partial charge in [-0.1, -0.05) is 53.7 Å². The Labute approximate surface area is 168 Å². The van der Waals surface area contributed by atoms with Gasteiger partial charge in [-0.2, -0.15) is 0 Å². The second-order valence-electron chi connectivity index (χ2n) is 7.20. The summed E-state index contributed by atoms with van der Waals surface area (Å²) in [7, 11) is 0. The van der Waals surface area contributed by atoms with Crippen LogP contribution in [0.4, 0.5) is 4.39 Å². The standard InChI is InChI=1S/C22H23FN4O2/c23-20-11-5-4-9-18(20)13-27-15-21(24-25-27)22(28)26-12-6-10-19(14-26)29-16-17-7-2-1-3-8-17/h1-5,7-9,11,15,19H,6,10,12-14,16H2/t19-/m1/s1. The summed E-state index contributed by atoms with van der Waals surface area (Å²) in [5.41, 5.74) is 1.89. The van der Waals surface area contributed by atoms with E-state index in [0.717, 1.165) is 18.4 Å². The fourth-order valence-electron chi connectivity index (χ4n) is 3.48. The van der Waals surface area contributed by atoms with E-state index in [1.54, 1.807) is 29.3 Å². The Hall–Kier alpha value is -3.06. The second-order valence-corrected chi connectivity index (χ2v) is 7.20. The number of benzene rings is 2. The molecule has 1 saturated heterocycles. The van der Waals surface area contributed by atoms with Crippen LogP contribution in [0.2, 0.25) is 0 Å². The molecule has 2 heterocycles. The molecule has 0 spiro atoms. The lowest BCUT2D eigenvalue weighted by atomic mass is 10.1. The summed E-state index contributed by atoms with van der Waals surface area (Å²) >= 11 is 0. The molecule has 3 aromatic rings. The van der Waals surface area contributed by atoms with Crippen molar-refractivity contribution in [2.24, 2.45) is 0 Å². The average Bonchev–Trinajstić information content (AvgIpc) is 3.23. The highest BCUT2D eigenvalue weighted by molar-refractivity contribution is 5.92. The van der Waals surface area contributed by atoms with Crippen LogP contribution in [0.3, 0.4) is 0 Å². The molecule has 1 aromatic heterocycles. The minimum Gasteiger partial charge on any atom is -0.372 e. The van der Waals surface area contributed by atoms with Gasteiger partial charge in [-0.25, -0.2) is 9.07 Å². The van der Waals surface area contributed by atoms with Gasteiger partial charge in [0.1, 0.15) is 5.82 Å². The largest absolute Gasteiger partial charge is 0.372 e. The minimum atomic E-state index is -0.301. The molecule has 1 fully saturated rings. The van der Waals surface area contributed by atoms with Crippen LogP contribution in [0.5, 0.6) is 0 Å². The van der Waals surface area contributed by atoms with Gasteiger partial charge in [0.05, 0.1) is 25.5 Å². The van der Waals surface area contributed by atoms with Gasteiger partial charge in [0, 0.05) is 18.7 Å². The zero-order valence-electron chi connectivity index (χ0n) is 16.1. The summed E-state index contributed by atoms with van der Waals surface area (Å²) < 4.78 is 21.3. The van der Waals surface area contributed by atoms with Crippen molar-refractivity contribution in [1.82, 2.24) is 19.9 Å². The molecule has 6 nitrogen and oxygen atoms in total. The smallest absolute Gasteiger partial charge is 0.276 e. The molecule has 2 aromatic carbocycles. The molecule has 7 heteroatoms. The van der Waals surface area contributed by atoms with Gasteiger partial charge in [0.25, 0.3) is 5.91 Å². The molecule has 29 heavy (non-hydrogen) atoms. The molecular weight excluding hydrogens is 371 g/mol. The second kappa shape index (κ2) is 8.96. The number of likely N-dealkylation sites (tertiary alicyclic amines) is 1. The van der Waals surface area contributed by atoms with Gasteiger partial charge in [0.15, 0.2) is 5.69 Å². The van der Waals surface area contributed by atoms with E-state index < -0.39 is 0 Å². The maximum Gasteiger partial charge on any atom is 0.276 e. The summed E-state index contributed by atoms with van der Waals surface area (Å²) in [5.74, 6) is -0.469. The first-order chi connectivity index (χ1) is 14.2. The van der Waals surface area contributed by atoms with Crippen LogP contribution in [0.25, 0.3) is 0 Å². The molecule has 1 amide bonds. The highest BCUT2D eigenvalue weighted by atomic mass is 19.1. The highest BCUT2D eigenvalue weighted by Crippen LogP contribution is 2.17. The lowest BCUT2D eigenvalue weighted by molar-refractivity contribution is -0.00689. The van der Waals surface area contributed by atoms with Crippen molar-refractivity contribution in [3.63, 3.8) is 0 Å². The molecule has 4 rings (SSSR count). The van der Waals surface area contributed by atoms with Crippen molar-refractivity contribution in [3.05, 3.63) is 83.4 Å². The van der Waals surface area contributed by atoms with Crippen LogP contribution in [-0.2, 0) is 17.9 Å². The highest BCUT2D eigenvalue weighted by Gasteiger charge is 2.26. The van der Waals surface area contributed by atoms with E-state index in [1.165, 1.54) is 10.7 Å². The third kappa shape index (κ3) is 4.86. The van der Waals surface area contributed by atoms with E-state index in [9.17, 15) is 9.18 Å². The molecule has 0 aliphatic carbocycles. The van der Waals surface area contributed by atoms with Gasteiger partial charge in [-0.15, -0.1) is 5.10 Å². The summed E-state index contributed by atoms with van der Waals surface area (Å²) in [4.78, 5) is 14.6. The third-order valence-electron chi connectivity index (χ3n) is 5.04. The van der Waals surface area contributed by atoms with Crippen molar-refractivity contribution < 1.29 is 13.9 Å². The van der Waals surface area contributed by atoms with Crippen molar-refractivity contribution in [2.45, 2.75) is 32.1 Å². The maximum absolute atomic E-state index is 13.8. The summed E-state index contributed by atoms with van der Waals surface area (Å²) in [6.45, 7) is 1.97. The van der Waals surface area contributed by atoms with Crippen LogP contribution in [0.1, 0.15) is 34.5 Å². The van der Waals surface area contributed by atoms with Crippen molar-refractivity contribution in [1.29, 1.82) is 0 Å². The van der Waals surface area contributed by atoms with Gasteiger partial charge in [0.2, 0.25) is 0 Å². The minimum absolute atomic E-state index is 0.00126. The lowest BCUT2D eigenvalue weighted by Crippen LogP contribution is -2.43. The lowest BCUT2D eigenvalue weighted by Gasteiger charge is -2.32. The molecule has 1 aliphatic rings. The SMILES string of the molecule is O=C(c1cn(Cc2ccccc2F)nn1)N1CCC[C@@H](OCc2ccccc2)C1. The predicted octanol–water partition coefficient (Wildman–Crippen LogP) is 3.29. The number of piperidine rings is 1. The van der Waals surface area contributed by atoms with Crippen molar-refractivity contribution >= 4 is 5.91 Å². The Kier molecular flexibility index (Phi) is 5.95. The van der Waals surface area contributed by atoms with E-state index in [2.05, 4.69) is 10.3 Å². The number of aromatic nitrogens is 3. The number of ether oxygens (including phenoxy) is 1. The fourth-order valence-corrected chi connectivity index (χ4v) is 3.48. The van der Waals surface area contributed by atoms with Crippen LogP contribution < -0.4 is 0 Å². The topological polar surface area (TPSA) is 60.2 Å². The molecular formula is C22H23FN4O2. The quantitative estimate of drug-likeness (QED) is 0.644. The van der Waals surface area contributed by atoms with Crippen LogP contribution >= 0.6 is 0 Å².